The molecule has 1 heterocycles. The van der Waals surface area contributed by atoms with Crippen LogP contribution >= 0.6 is 0 Å². The molecule has 0 unspecified atom stereocenters. The minimum Gasteiger partial charge on any atom is -0.398 e. The molecule has 5 heteroatoms. The van der Waals surface area contributed by atoms with Gasteiger partial charge in [0.05, 0.1) is 18.9 Å². The molecule has 4 nitrogen and oxygen atoms in total. The van der Waals surface area contributed by atoms with E-state index in [-0.39, 0.29) is 5.82 Å². The van der Waals surface area contributed by atoms with Crippen LogP contribution in [0.2, 0.25) is 0 Å². The first kappa shape index (κ1) is 16.2. The normalized spacial score (nSPS) is 15.4. The Labute approximate surface area is 140 Å². The maximum Gasteiger partial charge on any atom is 0.123 e. The van der Waals surface area contributed by atoms with Crippen molar-refractivity contribution in [1.29, 1.82) is 5.41 Å². The van der Waals surface area contributed by atoms with Gasteiger partial charge in [0, 0.05) is 24.5 Å². The third kappa shape index (κ3) is 3.81. The van der Waals surface area contributed by atoms with E-state index in [0.29, 0.717) is 17.0 Å². The molecule has 0 amide bonds. The molecule has 1 fully saturated rings. The number of halogens is 1. The zero-order chi connectivity index (χ0) is 16.9. The SMILES string of the molecule is N=C(/C=C(\N)c1ccc(F)cc1)c1ccc(N2CCOCC2)cc1. The van der Waals surface area contributed by atoms with Crippen molar-refractivity contribution in [3.8, 4) is 0 Å². The fourth-order valence-electron chi connectivity index (χ4n) is 2.64. The number of hydrogen-bond donors (Lipinski definition) is 2. The van der Waals surface area contributed by atoms with E-state index in [1.165, 1.54) is 12.1 Å². The Bertz CT molecular complexity index is 732. The molecule has 1 saturated heterocycles. The molecular formula is C19H20FN3O. The summed E-state index contributed by atoms with van der Waals surface area (Å²) >= 11 is 0. The molecule has 3 rings (SSSR count). The molecule has 0 aliphatic carbocycles. The molecule has 0 aromatic heterocycles. The number of nitrogens with one attached hydrogen (secondary N) is 1. The number of nitrogens with zero attached hydrogens (tertiary/aromatic N) is 1. The molecular weight excluding hydrogens is 305 g/mol. The van der Waals surface area contributed by atoms with E-state index in [9.17, 15) is 4.39 Å². The molecule has 0 radical (unpaired) electrons. The Morgan fingerprint density at radius 1 is 1.00 bits per heavy atom. The van der Waals surface area contributed by atoms with Crippen molar-refractivity contribution in [2.45, 2.75) is 0 Å². The maximum atomic E-state index is 13.0. The summed E-state index contributed by atoms with van der Waals surface area (Å²) in [5, 5.41) is 8.20. The second kappa shape index (κ2) is 7.27. The highest BCUT2D eigenvalue weighted by atomic mass is 19.1. The number of rotatable bonds is 4. The quantitative estimate of drug-likeness (QED) is 0.850. The highest BCUT2D eigenvalue weighted by Crippen LogP contribution is 2.18. The van der Waals surface area contributed by atoms with Crippen molar-refractivity contribution < 1.29 is 9.13 Å². The van der Waals surface area contributed by atoms with Crippen molar-refractivity contribution in [2.75, 3.05) is 31.2 Å². The highest BCUT2D eigenvalue weighted by Gasteiger charge is 2.11. The number of hydrogen-bond acceptors (Lipinski definition) is 4. The van der Waals surface area contributed by atoms with Crippen molar-refractivity contribution in [1.82, 2.24) is 0 Å². The Balaban J connectivity index is 1.72. The van der Waals surface area contributed by atoms with E-state index in [4.69, 9.17) is 15.9 Å². The van der Waals surface area contributed by atoms with Crippen LogP contribution in [0.3, 0.4) is 0 Å². The number of nitrogens with two attached hydrogens (primary N) is 1. The Kier molecular flexibility index (Phi) is 4.91. The lowest BCUT2D eigenvalue weighted by Crippen LogP contribution is -2.36. The Morgan fingerprint density at radius 2 is 1.58 bits per heavy atom. The first-order valence-corrected chi connectivity index (χ1v) is 7.88. The van der Waals surface area contributed by atoms with Crippen LogP contribution in [0.25, 0.3) is 5.70 Å². The highest BCUT2D eigenvalue weighted by molar-refractivity contribution is 6.10. The summed E-state index contributed by atoms with van der Waals surface area (Å²) in [5.74, 6) is -0.305. The number of benzene rings is 2. The summed E-state index contributed by atoms with van der Waals surface area (Å²) in [5.41, 5.74) is 9.39. The molecule has 0 spiro atoms. The van der Waals surface area contributed by atoms with Crippen LogP contribution in [0, 0.1) is 11.2 Å². The summed E-state index contributed by atoms with van der Waals surface area (Å²) in [6.45, 7) is 3.26. The lowest BCUT2D eigenvalue weighted by molar-refractivity contribution is 0.122. The van der Waals surface area contributed by atoms with Gasteiger partial charge in [0.1, 0.15) is 5.82 Å². The molecule has 2 aromatic carbocycles. The van der Waals surface area contributed by atoms with Crippen molar-refractivity contribution in [3.05, 3.63) is 71.6 Å². The second-order valence-electron chi connectivity index (χ2n) is 5.67. The summed E-state index contributed by atoms with van der Waals surface area (Å²) in [7, 11) is 0. The predicted molar refractivity (Wildman–Crippen MR) is 94.9 cm³/mol. The lowest BCUT2D eigenvalue weighted by atomic mass is 10.1. The number of ether oxygens (including phenoxy) is 1. The van der Waals surface area contributed by atoms with Gasteiger partial charge < -0.3 is 20.8 Å². The van der Waals surface area contributed by atoms with E-state index < -0.39 is 0 Å². The van der Waals surface area contributed by atoms with E-state index in [2.05, 4.69) is 4.90 Å². The maximum absolute atomic E-state index is 13.0. The standard InChI is InChI=1S/C19H20FN3O/c20-16-5-1-14(2-6-16)18(21)13-19(22)15-3-7-17(8-4-15)23-9-11-24-12-10-23/h1-8,13,22H,9-12,21H2/b18-13-,22-19?. The van der Waals surface area contributed by atoms with Crippen molar-refractivity contribution >= 4 is 17.1 Å². The number of morpholine rings is 1. The summed E-state index contributed by atoms with van der Waals surface area (Å²) in [4.78, 5) is 2.26. The van der Waals surface area contributed by atoms with Crippen LogP contribution in [-0.2, 0) is 4.74 Å². The van der Waals surface area contributed by atoms with Gasteiger partial charge in [-0.3, -0.25) is 0 Å². The number of anilines is 1. The minimum atomic E-state index is -0.305. The molecule has 1 aliphatic rings. The average Bonchev–Trinajstić information content (AvgIpc) is 2.63. The second-order valence-corrected chi connectivity index (χ2v) is 5.67. The minimum absolute atomic E-state index is 0.305. The van der Waals surface area contributed by atoms with Gasteiger partial charge in [0.2, 0.25) is 0 Å². The fourth-order valence-corrected chi connectivity index (χ4v) is 2.64. The zero-order valence-corrected chi connectivity index (χ0v) is 13.3. The van der Waals surface area contributed by atoms with Crippen LogP contribution < -0.4 is 10.6 Å². The molecule has 124 valence electrons. The van der Waals surface area contributed by atoms with E-state index in [1.54, 1.807) is 18.2 Å². The number of allylic oxidation sites excluding steroid dienone is 1. The first-order chi connectivity index (χ1) is 11.6. The smallest absolute Gasteiger partial charge is 0.123 e. The molecule has 0 bridgehead atoms. The van der Waals surface area contributed by atoms with E-state index in [0.717, 1.165) is 37.6 Å². The predicted octanol–water partition coefficient (Wildman–Crippen LogP) is 3.03. The third-order valence-electron chi connectivity index (χ3n) is 4.03. The average molecular weight is 325 g/mol. The van der Waals surface area contributed by atoms with Crippen molar-refractivity contribution in [3.63, 3.8) is 0 Å². The van der Waals surface area contributed by atoms with Gasteiger partial charge in [-0.1, -0.05) is 24.3 Å². The van der Waals surface area contributed by atoms with Gasteiger partial charge in [-0.2, -0.15) is 0 Å². The van der Waals surface area contributed by atoms with E-state index in [1.807, 2.05) is 24.3 Å². The lowest BCUT2D eigenvalue weighted by Gasteiger charge is -2.28. The molecule has 2 aromatic rings. The molecule has 1 aliphatic heterocycles. The van der Waals surface area contributed by atoms with Gasteiger partial charge in [-0.25, -0.2) is 4.39 Å². The zero-order valence-electron chi connectivity index (χ0n) is 13.3. The summed E-state index contributed by atoms with van der Waals surface area (Å²) in [6.07, 6.45) is 1.59. The van der Waals surface area contributed by atoms with Gasteiger partial charge in [-0.05, 0) is 41.5 Å². The molecule has 24 heavy (non-hydrogen) atoms. The molecule has 0 saturated carbocycles. The van der Waals surface area contributed by atoms with Crippen LogP contribution in [0.1, 0.15) is 11.1 Å². The fraction of sp³-hybridized carbons (Fsp3) is 0.211. The third-order valence-corrected chi connectivity index (χ3v) is 4.03. The van der Waals surface area contributed by atoms with Gasteiger partial charge in [0.25, 0.3) is 0 Å². The van der Waals surface area contributed by atoms with Crippen LogP contribution in [0.5, 0.6) is 0 Å². The topological polar surface area (TPSA) is 62.3 Å². The Hall–Kier alpha value is -2.66. The largest absolute Gasteiger partial charge is 0.398 e. The molecule has 3 N–H and O–H groups in total. The summed E-state index contributed by atoms with van der Waals surface area (Å²) in [6, 6.07) is 13.8. The van der Waals surface area contributed by atoms with Gasteiger partial charge in [-0.15, -0.1) is 0 Å². The first-order valence-electron chi connectivity index (χ1n) is 7.88. The van der Waals surface area contributed by atoms with Gasteiger partial charge in [0.15, 0.2) is 0 Å². The molecule has 0 atom stereocenters. The van der Waals surface area contributed by atoms with Crippen molar-refractivity contribution in [2.24, 2.45) is 5.73 Å². The van der Waals surface area contributed by atoms with Gasteiger partial charge >= 0.3 is 0 Å². The van der Waals surface area contributed by atoms with Crippen LogP contribution in [0.15, 0.2) is 54.6 Å². The monoisotopic (exact) mass is 325 g/mol. The Morgan fingerprint density at radius 3 is 2.21 bits per heavy atom. The van der Waals surface area contributed by atoms with Crippen LogP contribution in [-0.4, -0.2) is 32.0 Å². The van der Waals surface area contributed by atoms with E-state index >= 15 is 0 Å². The van der Waals surface area contributed by atoms with Crippen LogP contribution in [0.4, 0.5) is 10.1 Å². The summed E-state index contributed by atoms with van der Waals surface area (Å²) < 4.78 is 18.3.